The van der Waals surface area contributed by atoms with Crippen LogP contribution in [0.4, 0.5) is 0 Å². The van der Waals surface area contributed by atoms with Crippen LogP contribution >= 0.6 is 11.8 Å². The first-order valence-corrected chi connectivity index (χ1v) is 6.85. The number of thioether (sulfide) groups is 1. The van der Waals surface area contributed by atoms with E-state index >= 15 is 0 Å². The van der Waals surface area contributed by atoms with Crippen molar-refractivity contribution in [2.75, 3.05) is 12.4 Å². The highest BCUT2D eigenvalue weighted by Crippen LogP contribution is 2.28. The van der Waals surface area contributed by atoms with Gasteiger partial charge in [-0.25, -0.2) is 0 Å². The minimum atomic E-state index is 0.0524. The fourth-order valence-corrected chi connectivity index (χ4v) is 2.77. The van der Waals surface area contributed by atoms with E-state index in [0.29, 0.717) is 5.92 Å². The lowest BCUT2D eigenvalue weighted by molar-refractivity contribution is 0.233. The van der Waals surface area contributed by atoms with E-state index in [2.05, 4.69) is 34.6 Å². The molecule has 0 aromatic heterocycles. The van der Waals surface area contributed by atoms with Crippen LogP contribution in [0.15, 0.2) is 0 Å². The molecule has 0 aliphatic rings. The molecule has 0 fully saturated rings. The van der Waals surface area contributed by atoms with Crippen LogP contribution in [0.3, 0.4) is 0 Å². The van der Waals surface area contributed by atoms with Crippen molar-refractivity contribution in [3.05, 3.63) is 0 Å². The van der Waals surface area contributed by atoms with Gasteiger partial charge in [0, 0.05) is 11.3 Å². The Morgan fingerprint density at radius 2 is 1.87 bits per heavy atom. The molecule has 2 nitrogen and oxygen atoms in total. The molecule has 0 aliphatic carbocycles. The maximum Gasteiger partial charge on any atom is 0.0565 e. The van der Waals surface area contributed by atoms with Crippen LogP contribution in [0.25, 0.3) is 0 Å². The van der Waals surface area contributed by atoms with Gasteiger partial charge >= 0.3 is 0 Å². The summed E-state index contributed by atoms with van der Waals surface area (Å²) in [6.07, 6.45) is 1.19. The van der Waals surface area contributed by atoms with E-state index in [1.807, 2.05) is 11.8 Å². The number of hydrogen-bond donors (Lipinski definition) is 2. The Balaban J connectivity index is 4.13. The standard InChI is InChI=1S/C12H27NOS/c1-6-9(2)8-15-10(7-14)11(13)12(3,4)5/h9-11,14H,6-8,13H2,1-5H3. The van der Waals surface area contributed by atoms with Gasteiger partial charge in [-0.05, 0) is 17.1 Å². The molecule has 15 heavy (non-hydrogen) atoms. The molecule has 92 valence electrons. The first-order chi connectivity index (χ1) is 6.82. The Labute approximate surface area is 99.0 Å². The first-order valence-electron chi connectivity index (χ1n) is 5.81. The second kappa shape index (κ2) is 6.77. The molecular weight excluding hydrogens is 206 g/mol. The van der Waals surface area contributed by atoms with Gasteiger partial charge in [0.25, 0.3) is 0 Å². The molecule has 0 spiro atoms. The Kier molecular flexibility index (Phi) is 6.89. The van der Waals surface area contributed by atoms with Crippen LogP contribution < -0.4 is 5.73 Å². The highest BCUT2D eigenvalue weighted by Gasteiger charge is 2.28. The van der Waals surface area contributed by atoms with Gasteiger partial charge < -0.3 is 10.8 Å². The van der Waals surface area contributed by atoms with E-state index in [0.717, 1.165) is 5.75 Å². The fraction of sp³-hybridized carbons (Fsp3) is 1.00. The number of rotatable bonds is 6. The summed E-state index contributed by atoms with van der Waals surface area (Å²) in [5, 5.41) is 9.51. The lowest BCUT2D eigenvalue weighted by Gasteiger charge is -2.33. The van der Waals surface area contributed by atoms with Crippen molar-refractivity contribution < 1.29 is 5.11 Å². The van der Waals surface area contributed by atoms with Crippen molar-refractivity contribution >= 4 is 11.8 Å². The van der Waals surface area contributed by atoms with E-state index in [1.165, 1.54) is 6.42 Å². The van der Waals surface area contributed by atoms with Crippen molar-refractivity contribution in [1.29, 1.82) is 0 Å². The van der Waals surface area contributed by atoms with Crippen molar-refractivity contribution in [3.8, 4) is 0 Å². The van der Waals surface area contributed by atoms with Gasteiger partial charge in [-0.3, -0.25) is 0 Å². The van der Waals surface area contributed by atoms with Crippen LogP contribution in [0, 0.1) is 11.3 Å². The molecule has 3 N–H and O–H groups in total. The van der Waals surface area contributed by atoms with E-state index in [1.54, 1.807) is 0 Å². The molecule has 3 unspecified atom stereocenters. The third kappa shape index (κ3) is 5.79. The number of hydrogen-bond acceptors (Lipinski definition) is 3. The van der Waals surface area contributed by atoms with E-state index in [9.17, 15) is 5.11 Å². The normalized spacial score (nSPS) is 18.6. The maximum absolute atomic E-state index is 9.34. The lowest BCUT2D eigenvalue weighted by Crippen LogP contribution is -2.45. The maximum atomic E-state index is 9.34. The molecule has 0 bridgehead atoms. The van der Waals surface area contributed by atoms with Gasteiger partial charge in [0.2, 0.25) is 0 Å². The van der Waals surface area contributed by atoms with Gasteiger partial charge in [-0.2, -0.15) is 11.8 Å². The molecule has 0 rings (SSSR count). The van der Waals surface area contributed by atoms with Crippen molar-refractivity contribution in [2.45, 2.75) is 52.3 Å². The van der Waals surface area contributed by atoms with Crippen LogP contribution in [0.5, 0.6) is 0 Å². The van der Waals surface area contributed by atoms with E-state index in [4.69, 9.17) is 5.73 Å². The third-order valence-electron chi connectivity index (χ3n) is 2.87. The van der Waals surface area contributed by atoms with Gasteiger partial charge in [-0.1, -0.05) is 41.0 Å². The highest BCUT2D eigenvalue weighted by atomic mass is 32.2. The zero-order valence-electron chi connectivity index (χ0n) is 10.8. The highest BCUT2D eigenvalue weighted by molar-refractivity contribution is 8.00. The predicted molar refractivity (Wildman–Crippen MR) is 70.2 cm³/mol. The van der Waals surface area contributed by atoms with Gasteiger partial charge in [0.1, 0.15) is 0 Å². The molecule has 0 aromatic rings. The largest absolute Gasteiger partial charge is 0.395 e. The average molecular weight is 233 g/mol. The summed E-state index contributed by atoms with van der Waals surface area (Å²) in [5.41, 5.74) is 6.22. The molecule has 0 aliphatic heterocycles. The lowest BCUT2D eigenvalue weighted by atomic mass is 9.85. The Morgan fingerprint density at radius 3 is 2.20 bits per heavy atom. The van der Waals surface area contributed by atoms with Gasteiger partial charge in [0.05, 0.1) is 6.61 Å². The molecule has 0 saturated carbocycles. The smallest absolute Gasteiger partial charge is 0.0565 e. The summed E-state index contributed by atoms with van der Waals surface area (Å²) in [6.45, 7) is 11.0. The Morgan fingerprint density at radius 1 is 1.33 bits per heavy atom. The molecule has 0 aromatic carbocycles. The summed E-state index contributed by atoms with van der Waals surface area (Å²) >= 11 is 1.81. The minimum Gasteiger partial charge on any atom is -0.395 e. The quantitative estimate of drug-likeness (QED) is 0.741. The zero-order chi connectivity index (χ0) is 12.1. The van der Waals surface area contributed by atoms with Crippen LogP contribution in [-0.4, -0.2) is 28.8 Å². The number of aliphatic hydroxyl groups is 1. The second-order valence-corrected chi connectivity index (χ2v) is 6.73. The Hall–Kier alpha value is 0.270. The first kappa shape index (κ1) is 15.3. The van der Waals surface area contributed by atoms with E-state index in [-0.39, 0.29) is 23.3 Å². The van der Waals surface area contributed by atoms with Crippen LogP contribution in [0.1, 0.15) is 41.0 Å². The van der Waals surface area contributed by atoms with Crippen LogP contribution in [0.2, 0.25) is 0 Å². The molecule has 0 radical (unpaired) electrons. The molecular formula is C12H27NOS. The van der Waals surface area contributed by atoms with E-state index < -0.39 is 0 Å². The minimum absolute atomic E-state index is 0.0524. The Bertz CT molecular complexity index is 167. The summed E-state index contributed by atoms with van der Waals surface area (Å²) in [5.74, 6) is 1.79. The second-order valence-electron chi connectivity index (χ2n) is 5.46. The molecule has 3 atom stereocenters. The van der Waals surface area contributed by atoms with Gasteiger partial charge in [-0.15, -0.1) is 0 Å². The number of nitrogens with two attached hydrogens (primary N) is 1. The molecule has 0 amide bonds. The molecule has 0 saturated heterocycles. The predicted octanol–water partition coefficient (Wildman–Crippen LogP) is 2.50. The van der Waals surface area contributed by atoms with Crippen molar-refractivity contribution in [3.63, 3.8) is 0 Å². The number of aliphatic hydroxyl groups excluding tert-OH is 1. The van der Waals surface area contributed by atoms with Crippen molar-refractivity contribution in [2.24, 2.45) is 17.1 Å². The molecule has 0 heterocycles. The monoisotopic (exact) mass is 233 g/mol. The summed E-state index contributed by atoms with van der Waals surface area (Å²) in [4.78, 5) is 0. The third-order valence-corrected chi connectivity index (χ3v) is 4.50. The summed E-state index contributed by atoms with van der Waals surface area (Å²) in [6, 6.07) is 0.0524. The fourth-order valence-electron chi connectivity index (χ4n) is 1.23. The van der Waals surface area contributed by atoms with Crippen molar-refractivity contribution in [1.82, 2.24) is 0 Å². The molecule has 3 heteroatoms. The van der Waals surface area contributed by atoms with Gasteiger partial charge in [0.15, 0.2) is 0 Å². The van der Waals surface area contributed by atoms with Crippen LogP contribution in [-0.2, 0) is 0 Å². The SMILES string of the molecule is CCC(C)CSC(CO)C(N)C(C)(C)C. The average Bonchev–Trinajstić information content (AvgIpc) is 2.16. The zero-order valence-corrected chi connectivity index (χ0v) is 11.6. The topological polar surface area (TPSA) is 46.2 Å². The summed E-state index contributed by atoms with van der Waals surface area (Å²) < 4.78 is 0. The summed E-state index contributed by atoms with van der Waals surface area (Å²) in [7, 11) is 0.